The number of aromatic nitrogens is 3. The number of anilines is 1. The molecule has 2 aromatic heterocycles. The fourth-order valence-electron chi connectivity index (χ4n) is 1.99. The monoisotopic (exact) mass is 308 g/mol. The molecule has 0 atom stereocenters. The van der Waals surface area contributed by atoms with Gasteiger partial charge in [0.05, 0.1) is 15.9 Å². The molecular formula is C13H17BrN4. The van der Waals surface area contributed by atoms with Crippen molar-refractivity contribution in [1.29, 1.82) is 0 Å². The van der Waals surface area contributed by atoms with Crippen molar-refractivity contribution in [2.75, 3.05) is 5.73 Å². The zero-order chi connectivity index (χ0) is 13.1. The van der Waals surface area contributed by atoms with Crippen molar-refractivity contribution >= 4 is 21.6 Å². The quantitative estimate of drug-likeness (QED) is 0.944. The molecule has 2 aromatic rings. The summed E-state index contributed by atoms with van der Waals surface area (Å²) in [6, 6.07) is 1.84. The highest BCUT2D eigenvalue weighted by Gasteiger charge is 2.12. The standard InChI is InChI=1S/C13H17BrN4/c1-3-11-13(14)12(18(2)17-11)5-4-9-8-16-7-6-10(9)15/h6-8H,3-5H2,1-2H3,(H2,15,16). The average molecular weight is 309 g/mol. The van der Waals surface area contributed by atoms with E-state index >= 15 is 0 Å². The van der Waals surface area contributed by atoms with Gasteiger partial charge in [0.25, 0.3) is 0 Å². The maximum atomic E-state index is 5.92. The fourth-order valence-corrected chi connectivity index (χ4v) is 2.81. The number of aryl methyl sites for hydroxylation is 3. The van der Waals surface area contributed by atoms with Gasteiger partial charge in [0.2, 0.25) is 0 Å². The van der Waals surface area contributed by atoms with Crippen LogP contribution in [-0.2, 0) is 26.3 Å². The van der Waals surface area contributed by atoms with Crippen LogP contribution in [0.5, 0.6) is 0 Å². The third kappa shape index (κ3) is 2.56. The molecule has 0 aliphatic rings. The van der Waals surface area contributed by atoms with Crippen LogP contribution in [0.25, 0.3) is 0 Å². The predicted molar refractivity (Wildman–Crippen MR) is 76.3 cm³/mol. The summed E-state index contributed by atoms with van der Waals surface area (Å²) in [6.45, 7) is 2.11. The van der Waals surface area contributed by atoms with Gasteiger partial charge in [0.15, 0.2) is 0 Å². The summed E-state index contributed by atoms with van der Waals surface area (Å²) in [5.41, 5.74) is 10.1. The van der Waals surface area contributed by atoms with Crippen molar-refractivity contribution in [3.05, 3.63) is 39.9 Å². The van der Waals surface area contributed by atoms with E-state index in [0.29, 0.717) is 0 Å². The molecule has 0 fully saturated rings. The predicted octanol–water partition coefficient (Wildman–Crippen LogP) is 2.51. The molecule has 0 bridgehead atoms. The van der Waals surface area contributed by atoms with Gasteiger partial charge in [-0.05, 0) is 46.8 Å². The van der Waals surface area contributed by atoms with E-state index < -0.39 is 0 Å². The minimum Gasteiger partial charge on any atom is -0.398 e. The molecular weight excluding hydrogens is 292 g/mol. The van der Waals surface area contributed by atoms with Crippen LogP contribution in [0, 0.1) is 0 Å². The largest absolute Gasteiger partial charge is 0.398 e. The van der Waals surface area contributed by atoms with Gasteiger partial charge in [0, 0.05) is 25.1 Å². The van der Waals surface area contributed by atoms with Crippen LogP contribution >= 0.6 is 15.9 Å². The highest BCUT2D eigenvalue weighted by Crippen LogP contribution is 2.23. The number of hydrogen-bond acceptors (Lipinski definition) is 3. The highest BCUT2D eigenvalue weighted by atomic mass is 79.9. The summed E-state index contributed by atoms with van der Waals surface area (Å²) < 4.78 is 3.06. The Bertz CT molecular complexity index is 548. The van der Waals surface area contributed by atoms with Crippen LogP contribution in [-0.4, -0.2) is 14.8 Å². The van der Waals surface area contributed by atoms with Crippen LogP contribution in [0.2, 0.25) is 0 Å². The summed E-state index contributed by atoms with van der Waals surface area (Å²) >= 11 is 3.62. The summed E-state index contributed by atoms with van der Waals surface area (Å²) in [4.78, 5) is 4.11. The van der Waals surface area contributed by atoms with Crippen molar-refractivity contribution < 1.29 is 0 Å². The minimum atomic E-state index is 0.805. The molecule has 0 unspecified atom stereocenters. The highest BCUT2D eigenvalue weighted by molar-refractivity contribution is 9.10. The number of rotatable bonds is 4. The molecule has 5 heteroatoms. The smallest absolute Gasteiger partial charge is 0.0766 e. The first-order valence-corrected chi connectivity index (χ1v) is 6.81. The summed E-state index contributed by atoms with van der Waals surface area (Å²) in [6.07, 6.45) is 6.26. The van der Waals surface area contributed by atoms with Crippen molar-refractivity contribution in [3.8, 4) is 0 Å². The Kier molecular flexibility index (Phi) is 4.01. The Morgan fingerprint density at radius 3 is 2.78 bits per heavy atom. The third-order valence-corrected chi connectivity index (χ3v) is 3.99. The summed E-state index contributed by atoms with van der Waals surface area (Å²) in [5.74, 6) is 0. The molecule has 96 valence electrons. The SMILES string of the molecule is CCc1nn(C)c(CCc2cnccc2N)c1Br. The van der Waals surface area contributed by atoms with Crippen LogP contribution in [0.15, 0.2) is 22.9 Å². The molecule has 4 nitrogen and oxygen atoms in total. The van der Waals surface area contributed by atoms with E-state index in [9.17, 15) is 0 Å². The molecule has 0 aliphatic heterocycles. The van der Waals surface area contributed by atoms with Crippen molar-refractivity contribution in [3.63, 3.8) is 0 Å². The molecule has 2 N–H and O–H groups in total. The second-order valence-electron chi connectivity index (χ2n) is 4.26. The molecule has 2 rings (SSSR count). The number of pyridine rings is 1. The van der Waals surface area contributed by atoms with Gasteiger partial charge in [-0.1, -0.05) is 6.92 Å². The molecule has 0 aliphatic carbocycles. The molecule has 0 saturated carbocycles. The number of halogens is 1. The fraction of sp³-hybridized carbons (Fsp3) is 0.385. The maximum absolute atomic E-state index is 5.92. The second-order valence-corrected chi connectivity index (χ2v) is 5.05. The molecule has 2 heterocycles. The van der Waals surface area contributed by atoms with E-state index in [0.717, 1.165) is 40.7 Å². The Morgan fingerprint density at radius 1 is 1.39 bits per heavy atom. The average Bonchev–Trinajstić information content (AvgIpc) is 2.64. The molecule has 0 radical (unpaired) electrons. The van der Waals surface area contributed by atoms with Gasteiger partial charge in [-0.2, -0.15) is 5.10 Å². The van der Waals surface area contributed by atoms with Gasteiger partial charge >= 0.3 is 0 Å². The Morgan fingerprint density at radius 2 is 2.17 bits per heavy atom. The molecule has 0 saturated heterocycles. The maximum Gasteiger partial charge on any atom is 0.0766 e. The van der Waals surface area contributed by atoms with Crippen LogP contribution in [0.3, 0.4) is 0 Å². The topological polar surface area (TPSA) is 56.7 Å². The number of nitrogen functional groups attached to an aromatic ring is 1. The lowest BCUT2D eigenvalue weighted by atomic mass is 10.1. The van der Waals surface area contributed by atoms with E-state index in [1.54, 1.807) is 6.20 Å². The summed E-state index contributed by atoms with van der Waals surface area (Å²) in [5, 5.41) is 4.49. The van der Waals surface area contributed by atoms with E-state index in [-0.39, 0.29) is 0 Å². The van der Waals surface area contributed by atoms with Gasteiger partial charge < -0.3 is 5.73 Å². The third-order valence-electron chi connectivity index (χ3n) is 3.08. The zero-order valence-corrected chi connectivity index (χ0v) is 12.2. The molecule has 18 heavy (non-hydrogen) atoms. The van der Waals surface area contributed by atoms with E-state index in [4.69, 9.17) is 5.73 Å². The molecule has 0 aromatic carbocycles. The van der Waals surface area contributed by atoms with Crippen molar-refractivity contribution in [1.82, 2.24) is 14.8 Å². The number of hydrogen-bond donors (Lipinski definition) is 1. The van der Waals surface area contributed by atoms with E-state index in [1.807, 2.05) is 24.0 Å². The lowest BCUT2D eigenvalue weighted by Gasteiger charge is -2.05. The number of nitrogens with two attached hydrogens (primary N) is 1. The van der Waals surface area contributed by atoms with E-state index in [2.05, 4.69) is 32.9 Å². The second kappa shape index (κ2) is 5.52. The molecule has 0 spiro atoms. The van der Waals surface area contributed by atoms with E-state index in [1.165, 1.54) is 5.69 Å². The Hall–Kier alpha value is -1.36. The summed E-state index contributed by atoms with van der Waals surface area (Å²) in [7, 11) is 1.98. The van der Waals surface area contributed by atoms with Gasteiger partial charge in [-0.15, -0.1) is 0 Å². The van der Waals surface area contributed by atoms with Crippen molar-refractivity contribution in [2.45, 2.75) is 26.2 Å². The van der Waals surface area contributed by atoms with Gasteiger partial charge in [-0.3, -0.25) is 9.67 Å². The van der Waals surface area contributed by atoms with Gasteiger partial charge in [0.1, 0.15) is 0 Å². The molecule has 0 amide bonds. The Balaban J connectivity index is 2.16. The first-order chi connectivity index (χ1) is 8.63. The number of nitrogens with zero attached hydrogens (tertiary/aromatic N) is 3. The zero-order valence-electron chi connectivity index (χ0n) is 10.7. The lowest BCUT2D eigenvalue weighted by molar-refractivity contribution is 0.691. The van der Waals surface area contributed by atoms with Crippen molar-refractivity contribution in [2.24, 2.45) is 7.05 Å². The lowest BCUT2D eigenvalue weighted by Crippen LogP contribution is -2.03. The minimum absolute atomic E-state index is 0.805. The first kappa shape index (κ1) is 13.1. The Labute approximate surface area is 115 Å². The van der Waals surface area contributed by atoms with Crippen LogP contribution in [0.4, 0.5) is 5.69 Å². The normalized spacial score (nSPS) is 10.8. The van der Waals surface area contributed by atoms with Crippen LogP contribution < -0.4 is 5.73 Å². The van der Waals surface area contributed by atoms with Crippen LogP contribution in [0.1, 0.15) is 23.9 Å². The first-order valence-electron chi connectivity index (χ1n) is 6.02. The van der Waals surface area contributed by atoms with Gasteiger partial charge in [-0.25, -0.2) is 0 Å².